The summed E-state index contributed by atoms with van der Waals surface area (Å²) in [6.07, 6.45) is 3.00. The van der Waals surface area contributed by atoms with Gasteiger partial charge in [0.2, 0.25) is 0 Å². The Morgan fingerprint density at radius 3 is 3.00 bits per heavy atom. The van der Waals surface area contributed by atoms with Gasteiger partial charge >= 0.3 is 0 Å². The molecule has 1 aromatic heterocycles. The molecule has 1 fully saturated rings. The summed E-state index contributed by atoms with van der Waals surface area (Å²) in [6.45, 7) is 5.17. The van der Waals surface area contributed by atoms with E-state index in [1.807, 2.05) is 13.0 Å². The maximum absolute atomic E-state index is 12.0. The van der Waals surface area contributed by atoms with Crippen LogP contribution in [0.15, 0.2) is 6.07 Å². The molecule has 0 aliphatic carbocycles. The van der Waals surface area contributed by atoms with E-state index in [1.165, 1.54) is 0 Å². The number of rotatable bonds is 3. The Morgan fingerprint density at radius 1 is 1.61 bits per heavy atom. The van der Waals surface area contributed by atoms with Crippen LogP contribution >= 0.6 is 12.4 Å². The minimum Gasteiger partial charge on any atom is -0.346 e. The zero-order chi connectivity index (χ0) is 12.3. The molecule has 1 amide bonds. The van der Waals surface area contributed by atoms with Gasteiger partial charge in [0.15, 0.2) is 0 Å². The van der Waals surface area contributed by atoms with Gasteiger partial charge in [0.1, 0.15) is 5.69 Å². The van der Waals surface area contributed by atoms with Crippen molar-refractivity contribution in [2.24, 2.45) is 0 Å². The third kappa shape index (κ3) is 3.46. The molecule has 1 aliphatic rings. The Balaban J connectivity index is 0.00000162. The van der Waals surface area contributed by atoms with Crippen molar-refractivity contribution in [2.75, 3.05) is 6.54 Å². The molecule has 3 N–H and O–H groups in total. The fraction of sp³-hybridized carbons (Fsp3) is 0.667. The Bertz CT molecular complexity index is 393. The highest BCUT2D eigenvalue weighted by Crippen LogP contribution is 2.09. The lowest BCUT2D eigenvalue weighted by Crippen LogP contribution is -2.51. The molecular formula is C12H21ClN4O. The summed E-state index contributed by atoms with van der Waals surface area (Å²) in [7, 11) is 0. The molecule has 102 valence electrons. The summed E-state index contributed by atoms with van der Waals surface area (Å²) >= 11 is 0. The number of amides is 1. The molecule has 2 unspecified atom stereocenters. The lowest BCUT2D eigenvalue weighted by atomic mass is 10.00. The average Bonchev–Trinajstić information content (AvgIpc) is 2.81. The SMILES string of the molecule is CCc1cc(C(=O)NC2CCCNC2C)n[nH]1.Cl. The van der Waals surface area contributed by atoms with Gasteiger partial charge in [-0.3, -0.25) is 9.89 Å². The fourth-order valence-electron chi connectivity index (χ4n) is 2.14. The lowest BCUT2D eigenvalue weighted by molar-refractivity contribution is 0.0914. The second kappa shape index (κ2) is 6.75. The number of aromatic nitrogens is 2. The van der Waals surface area contributed by atoms with Gasteiger partial charge in [0.05, 0.1) is 0 Å². The zero-order valence-electron chi connectivity index (χ0n) is 10.8. The van der Waals surface area contributed by atoms with E-state index in [1.54, 1.807) is 0 Å². The molecule has 0 radical (unpaired) electrons. The Morgan fingerprint density at radius 2 is 2.39 bits per heavy atom. The van der Waals surface area contributed by atoms with Gasteiger partial charge in [-0.05, 0) is 38.8 Å². The molecule has 18 heavy (non-hydrogen) atoms. The Hall–Kier alpha value is -1.07. The van der Waals surface area contributed by atoms with Gasteiger partial charge in [0, 0.05) is 17.8 Å². The van der Waals surface area contributed by atoms with Crippen molar-refractivity contribution in [3.63, 3.8) is 0 Å². The number of aryl methyl sites for hydroxylation is 1. The number of piperidine rings is 1. The lowest BCUT2D eigenvalue weighted by Gasteiger charge is -2.30. The van der Waals surface area contributed by atoms with Crippen LogP contribution < -0.4 is 10.6 Å². The second-order valence-electron chi connectivity index (χ2n) is 4.60. The molecular weight excluding hydrogens is 252 g/mol. The number of aromatic amines is 1. The van der Waals surface area contributed by atoms with E-state index in [2.05, 4.69) is 27.8 Å². The van der Waals surface area contributed by atoms with E-state index >= 15 is 0 Å². The second-order valence-corrected chi connectivity index (χ2v) is 4.60. The first-order chi connectivity index (χ1) is 8.20. The number of hydrogen-bond donors (Lipinski definition) is 3. The van der Waals surface area contributed by atoms with E-state index in [0.717, 1.165) is 31.5 Å². The molecule has 2 atom stereocenters. The first kappa shape index (κ1) is 15.0. The molecule has 0 aromatic carbocycles. The molecule has 2 heterocycles. The van der Waals surface area contributed by atoms with Crippen molar-refractivity contribution in [3.05, 3.63) is 17.5 Å². The summed E-state index contributed by atoms with van der Waals surface area (Å²) in [5, 5.41) is 13.3. The first-order valence-corrected chi connectivity index (χ1v) is 6.29. The van der Waals surface area contributed by atoms with Crippen LogP contribution in [0.25, 0.3) is 0 Å². The van der Waals surface area contributed by atoms with E-state index in [0.29, 0.717) is 11.7 Å². The predicted octanol–water partition coefficient (Wildman–Crippen LogP) is 1.26. The summed E-state index contributed by atoms with van der Waals surface area (Å²) in [5.74, 6) is -0.0819. The largest absolute Gasteiger partial charge is 0.346 e. The minimum absolute atomic E-state index is 0. The van der Waals surface area contributed by atoms with Crippen LogP contribution in [0, 0.1) is 0 Å². The third-order valence-corrected chi connectivity index (χ3v) is 3.32. The predicted molar refractivity (Wildman–Crippen MR) is 73.2 cm³/mol. The standard InChI is InChI=1S/C12H20N4O.ClH/c1-3-9-7-11(16-15-9)12(17)14-10-5-4-6-13-8(10)2;/h7-8,10,13H,3-6H2,1-2H3,(H,14,17)(H,15,16);1H. The number of H-pyrrole nitrogens is 1. The van der Waals surface area contributed by atoms with Crippen molar-refractivity contribution in [3.8, 4) is 0 Å². The minimum atomic E-state index is -0.0819. The smallest absolute Gasteiger partial charge is 0.272 e. The Labute approximate surface area is 114 Å². The van der Waals surface area contributed by atoms with Gasteiger partial charge < -0.3 is 10.6 Å². The quantitative estimate of drug-likeness (QED) is 0.776. The molecule has 0 bridgehead atoms. The monoisotopic (exact) mass is 272 g/mol. The molecule has 0 spiro atoms. The van der Waals surface area contributed by atoms with Crippen molar-refractivity contribution in [1.82, 2.24) is 20.8 Å². The average molecular weight is 273 g/mol. The van der Waals surface area contributed by atoms with Crippen molar-refractivity contribution >= 4 is 18.3 Å². The molecule has 1 aliphatic heterocycles. The molecule has 1 saturated heterocycles. The fourth-order valence-corrected chi connectivity index (χ4v) is 2.14. The number of nitrogens with one attached hydrogen (secondary N) is 3. The van der Waals surface area contributed by atoms with Gasteiger partial charge in [-0.2, -0.15) is 5.10 Å². The first-order valence-electron chi connectivity index (χ1n) is 6.29. The summed E-state index contributed by atoms with van der Waals surface area (Å²) in [4.78, 5) is 12.0. The van der Waals surface area contributed by atoms with Crippen molar-refractivity contribution in [2.45, 2.75) is 45.2 Å². The zero-order valence-corrected chi connectivity index (χ0v) is 11.6. The number of carbonyl (C=O) groups excluding carboxylic acids is 1. The molecule has 0 saturated carbocycles. The molecule has 6 heteroatoms. The highest BCUT2D eigenvalue weighted by atomic mass is 35.5. The molecule has 2 rings (SSSR count). The highest BCUT2D eigenvalue weighted by molar-refractivity contribution is 5.92. The highest BCUT2D eigenvalue weighted by Gasteiger charge is 2.23. The van der Waals surface area contributed by atoms with E-state index in [4.69, 9.17) is 0 Å². The Kier molecular flexibility index (Phi) is 5.62. The number of nitrogens with zero attached hydrogens (tertiary/aromatic N) is 1. The van der Waals surface area contributed by atoms with E-state index in [-0.39, 0.29) is 24.4 Å². The van der Waals surface area contributed by atoms with Crippen LogP contribution in [0.1, 0.15) is 42.9 Å². The van der Waals surface area contributed by atoms with Crippen molar-refractivity contribution in [1.29, 1.82) is 0 Å². The van der Waals surface area contributed by atoms with Crippen molar-refractivity contribution < 1.29 is 4.79 Å². The molecule has 1 aromatic rings. The topological polar surface area (TPSA) is 69.8 Å². The van der Waals surface area contributed by atoms with Gasteiger partial charge in [0.25, 0.3) is 5.91 Å². The van der Waals surface area contributed by atoms with Crippen LogP contribution in [0.5, 0.6) is 0 Å². The van der Waals surface area contributed by atoms with E-state index in [9.17, 15) is 4.79 Å². The number of halogens is 1. The summed E-state index contributed by atoms with van der Waals surface area (Å²) in [6, 6.07) is 2.35. The van der Waals surface area contributed by atoms with E-state index < -0.39 is 0 Å². The summed E-state index contributed by atoms with van der Waals surface area (Å²) < 4.78 is 0. The number of carbonyl (C=O) groups is 1. The maximum atomic E-state index is 12.0. The normalized spacial score (nSPS) is 23.2. The summed E-state index contributed by atoms with van der Waals surface area (Å²) in [5.41, 5.74) is 1.48. The number of hydrogen-bond acceptors (Lipinski definition) is 3. The van der Waals surface area contributed by atoms with Crippen LogP contribution in [0.3, 0.4) is 0 Å². The van der Waals surface area contributed by atoms with Gasteiger partial charge in [-0.1, -0.05) is 6.92 Å². The maximum Gasteiger partial charge on any atom is 0.272 e. The third-order valence-electron chi connectivity index (χ3n) is 3.32. The van der Waals surface area contributed by atoms with Crippen LogP contribution in [-0.4, -0.2) is 34.7 Å². The van der Waals surface area contributed by atoms with Crippen LogP contribution in [-0.2, 0) is 6.42 Å². The van der Waals surface area contributed by atoms with Gasteiger partial charge in [-0.15, -0.1) is 12.4 Å². The van der Waals surface area contributed by atoms with Crippen LogP contribution in [0.2, 0.25) is 0 Å². The van der Waals surface area contributed by atoms with Crippen LogP contribution in [0.4, 0.5) is 0 Å². The molecule has 5 nitrogen and oxygen atoms in total. The van der Waals surface area contributed by atoms with Gasteiger partial charge in [-0.25, -0.2) is 0 Å².